The highest BCUT2D eigenvalue weighted by molar-refractivity contribution is 5.76. The van der Waals surface area contributed by atoms with E-state index in [2.05, 4.69) is 10.2 Å². The van der Waals surface area contributed by atoms with E-state index >= 15 is 0 Å². The van der Waals surface area contributed by atoms with Gasteiger partial charge in [-0.2, -0.15) is 5.10 Å². The topological polar surface area (TPSA) is 84.2 Å². The molecule has 1 amide bonds. The van der Waals surface area contributed by atoms with E-state index in [4.69, 9.17) is 14.1 Å². The highest BCUT2D eigenvalue weighted by atomic mass is 16.5. The maximum atomic E-state index is 12.8. The Bertz CT molecular complexity index is 850. The van der Waals surface area contributed by atoms with Gasteiger partial charge in [-0.25, -0.2) is 4.98 Å². The minimum atomic E-state index is 0.189. The van der Waals surface area contributed by atoms with Crippen LogP contribution in [0.4, 0.5) is 0 Å². The molecule has 0 atom stereocenters. The number of rotatable bonds is 4. The largest absolute Gasteiger partial charge is 0.445 e. The monoisotopic (exact) mass is 384 g/mol. The number of H-pyrrole nitrogens is 1. The molecule has 2 aromatic heterocycles. The molecule has 7 heteroatoms. The third-order valence-corrected chi connectivity index (χ3v) is 6.39. The predicted molar refractivity (Wildman–Crippen MR) is 102 cm³/mol. The Morgan fingerprint density at radius 3 is 2.93 bits per heavy atom. The van der Waals surface area contributed by atoms with Gasteiger partial charge < -0.3 is 14.1 Å². The Labute approximate surface area is 164 Å². The number of nitrogens with zero attached hydrogens (tertiary/aromatic N) is 3. The fraction of sp³-hybridized carbons (Fsp3) is 0.667. The first-order valence-corrected chi connectivity index (χ1v) is 10.7. The van der Waals surface area contributed by atoms with Crippen molar-refractivity contribution in [1.29, 1.82) is 0 Å². The van der Waals surface area contributed by atoms with E-state index in [0.717, 1.165) is 74.8 Å². The van der Waals surface area contributed by atoms with Crippen LogP contribution in [0, 0.1) is 0 Å². The third kappa shape index (κ3) is 3.48. The molecule has 0 saturated carbocycles. The molecule has 2 aliphatic heterocycles. The molecule has 1 saturated heterocycles. The first kappa shape index (κ1) is 17.9. The Morgan fingerprint density at radius 1 is 1.18 bits per heavy atom. The number of aryl methyl sites for hydroxylation is 2. The Morgan fingerprint density at radius 2 is 2.04 bits per heavy atom. The van der Waals surface area contributed by atoms with Gasteiger partial charge in [0.1, 0.15) is 11.5 Å². The van der Waals surface area contributed by atoms with Gasteiger partial charge in [0.05, 0.1) is 12.2 Å². The summed E-state index contributed by atoms with van der Waals surface area (Å²) >= 11 is 0. The lowest BCUT2D eigenvalue weighted by molar-refractivity contribution is -0.132. The summed E-state index contributed by atoms with van der Waals surface area (Å²) in [6.45, 7) is 2.84. The first-order valence-electron chi connectivity index (χ1n) is 10.7. The van der Waals surface area contributed by atoms with E-state index in [9.17, 15) is 4.79 Å². The quantitative estimate of drug-likeness (QED) is 0.876. The summed E-state index contributed by atoms with van der Waals surface area (Å²) in [5.74, 6) is 2.35. The molecule has 1 aliphatic carbocycles. The number of fused-ring (bicyclic) bond motifs is 2. The van der Waals surface area contributed by atoms with Crippen LogP contribution in [-0.2, 0) is 41.8 Å². The molecule has 7 nitrogen and oxygen atoms in total. The van der Waals surface area contributed by atoms with Crippen LogP contribution >= 0.6 is 0 Å². The van der Waals surface area contributed by atoms with Gasteiger partial charge in [-0.1, -0.05) is 0 Å². The Balaban J connectivity index is 1.20. The van der Waals surface area contributed by atoms with Gasteiger partial charge in [-0.15, -0.1) is 0 Å². The summed E-state index contributed by atoms with van der Waals surface area (Å²) in [4.78, 5) is 19.5. The fourth-order valence-corrected chi connectivity index (χ4v) is 4.69. The van der Waals surface area contributed by atoms with Crippen molar-refractivity contribution in [2.24, 2.45) is 0 Å². The van der Waals surface area contributed by atoms with Gasteiger partial charge in [0.25, 0.3) is 0 Å². The van der Waals surface area contributed by atoms with Gasteiger partial charge >= 0.3 is 0 Å². The highest BCUT2D eigenvalue weighted by Crippen LogP contribution is 2.30. The highest BCUT2D eigenvalue weighted by Gasteiger charge is 2.29. The molecule has 5 rings (SSSR count). The number of oxazole rings is 1. The average Bonchev–Trinajstić information content (AvgIpc) is 3.36. The minimum absolute atomic E-state index is 0.189. The Kier molecular flexibility index (Phi) is 4.93. The summed E-state index contributed by atoms with van der Waals surface area (Å²) in [5.41, 5.74) is 4.67. The second-order valence-corrected chi connectivity index (χ2v) is 8.21. The number of nitrogens with one attached hydrogen (secondary N) is 1. The number of ether oxygens (including phenoxy) is 1. The predicted octanol–water partition coefficient (Wildman–Crippen LogP) is 2.69. The summed E-state index contributed by atoms with van der Waals surface area (Å²) in [5, 5.41) is 7.64. The zero-order valence-corrected chi connectivity index (χ0v) is 16.3. The van der Waals surface area contributed by atoms with Crippen LogP contribution in [0.2, 0.25) is 0 Å². The number of carbonyl (C=O) groups is 1. The van der Waals surface area contributed by atoms with Crippen molar-refractivity contribution in [3.05, 3.63) is 34.3 Å². The molecule has 0 bridgehead atoms. The SMILES string of the molecule is O=C(CCc1n[nH]c2c1CCCC2)N1CCc2oc(C3CCOCC3)nc2C1. The number of hydrogen-bond donors (Lipinski definition) is 1. The first-order chi connectivity index (χ1) is 13.8. The van der Waals surface area contributed by atoms with Crippen molar-refractivity contribution in [3.63, 3.8) is 0 Å². The van der Waals surface area contributed by atoms with E-state index < -0.39 is 0 Å². The number of aromatic nitrogens is 3. The molecule has 1 N–H and O–H groups in total. The van der Waals surface area contributed by atoms with Crippen LogP contribution < -0.4 is 0 Å². The van der Waals surface area contributed by atoms with Crippen molar-refractivity contribution in [1.82, 2.24) is 20.1 Å². The summed E-state index contributed by atoms with van der Waals surface area (Å²) in [6, 6.07) is 0. The lowest BCUT2D eigenvalue weighted by atomic mass is 9.94. The maximum Gasteiger partial charge on any atom is 0.223 e. The molecule has 28 heavy (non-hydrogen) atoms. The number of aromatic amines is 1. The number of carbonyl (C=O) groups excluding carboxylic acids is 1. The molecule has 0 aromatic carbocycles. The zero-order chi connectivity index (χ0) is 18.9. The van der Waals surface area contributed by atoms with E-state index in [0.29, 0.717) is 25.4 Å². The fourth-order valence-electron chi connectivity index (χ4n) is 4.69. The van der Waals surface area contributed by atoms with E-state index in [1.54, 1.807) is 0 Å². The molecule has 0 spiro atoms. The van der Waals surface area contributed by atoms with Crippen molar-refractivity contribution >= 4 is 5.91 Å². The van der Waals surface area contributed by atoms with Gasteiger partial charge in [-0.05, 0) is 44.1 Å². The smallest absolute Gasteiger partial charge is 0.223 e. The van der Waals surface area contributed by atoms with Crippen molar-refractivity contribution < 1.29 is 13.9 Å². The molecule has 150 valence electrons. The van der Waals surface area contributed by atoms with Crippen molar-refractivity contribution in [2.75, 3.05) is 19.8 Å². The van der Waals surface area contributed by atoms with Crippen LogP contribution in [0.1, 0.15) is 72.3 Å². The molecule has 3 aliphatic rings. The van der Waals surface area contributed by atoms with Crippen LogP contribution in [-0.4, -0.2) is 45.7 Å². The lowest BCUT2D eigenvalue weighted by Gasteiger charge is -2.25. The van der Waals surface area contributed by atoms with Gasteiger partial charge in [0, 0.05) is 50.6 Å². The Hall–Kier alpha value is -2.15. The van der Waals surface area contributed by atoms with Gasteiger partial charge in [0.15, 0.2) is 5.89 Å². The molecule has 2 aromatic rings. The molecular formula is C21H28N4O3. The van der Waals surface area contributed by atoms with Gasteiger partial charge in [-0.3, -0.25) is 9.89 Å². The minimum Gasteiger partial charge on any atom is -0.445 e. The average molecular weight is 384 g/mol. The third-order valence-electron chi connectivity index (χ3n) is 6.39. The van der Waals surface area contributed by atoms with E-state index in [-0.39, 0.29) is 5.91 Å². The van der Waals surface area contributed by atoms with Crippen LogP contribution in [0.5, 0.6) is 0 Å². The summed E-state index contributed by atoms with van der Waals surface area (Å²) < 4.78 is 11.5. The molecule has 4 heterocycles. The normalized spacial score (nSPS) is 20.1. The van der Waals surface area contributed by atoms with Crippen LogP contribution in [0.25, 0.3) is 0 Å². The van der Waals surface area contributed by atoms with Gasteiger partial charge in [0.2, 0.25) is 5.91 Å². The second-order valence-electron chi connectivity index (χ2n) is 8.21. The van der Waals surface area contributed by atoms with E-state index in [1.807, 2.05) is 4.90 Å². The van der Waals surface area contributed by atoms with Crippen molar-refractivity contribution in [2.45, 2.75) is 70.3 Å². The molecule has 0 radical (unpaired) electrons. The molecule has 0 unspecified atom stereocenters. The summed E-state index contributed by atoms with van der Waals surface area (Å²) in [6.07, 6.45) is 8.57. The molecular weight excluding hydrogens is 356 g/mol. The maximum absolute atomic E-state index is 12.8. The number of hydrogen-bond acceptors (Lipinski definition) is 5. The lowest BCUT2D eigenvalue weighted by Crippen LogP contribution is -2.36. The van der Waals surface area contributed by atoms with Crippen LogP contribution in [0.3, 0.4) is 0 Å². The zero-order valence-electron chi connectivity index (χ0n) is 16.3. The summed E-state index contributed by atoms with van der Waals surface area (Å²) in [7, 11) is 0. The number of amides is 1. The second kappa shape index (κ2) is 7.70. The van der Waals surface area contributed by atoms with Crippen molar-refractivity contribution in [3.8, 4) is 0 Å². The molecule has 1 fully saturated rings. The van der Waals surface area contributed by atoms with E-state index in [1.165, 1.54) is 24.1 Å². The standard InChI is InChI=1S/C21H28N4O3/c26-20(6-5-17-15-3-1-2-4-16(15)23-24-17)25-10-7-19-18(13-25)22-21(28-19)14-8-11-27-12-9-14/h14H,1-13H2,(H,23,24). The van der Waals surface area contributed by atoms with Crippen LogP contribution in [0.15, 0.2) is 4.42 Å².